The number of aryl methyl sites for hydroxylation is 2. The highest BCUT2D eigenvalue weighted by Crippen LogP contribution is 2.14. The molecule has 3 rings (SSSR count). The van der Waals surface area contributed by atoms with Crippen LogP contribution in [0.2, 0.25) is 0 Å². The van der Waals surface area contributed by atoms with Gasteiger partial charge in [-0.3, -0.25) is 9.78 Å². The number of H-pyrrole nitrogens is 1. The molecule has 0 radical (unpaired) electrons. The Bertz CT molecular complexity index is 782. The molecule has 0 saturated heterocycles. The zero-order valence-electron chi connectivity index (χ0n) is 12.2. The molecule has 1 N–H and O–H groups in total. The quantitative estimate of drug-likeness (QED) is 0.786. The molecule has 0 atom stereocenters. The second kappa shape index (κ2) is 6.80. The molecule has 4 nitrogen and oxygen atoms in total. The lowest BCUT2D eigenvalue weighted by Crippen LogP contribution is -2.11. The fraction of sp³-hybridized carbons (Fsp3) is 0.167. The Labute approximate surface area is 128 Å². The smallest absolute Gasteiger partial charge is 0.251 e. The molecule has 4 heteroatoms. The predicted octanol–water partition coefficient (Wildman–Crippen LogP) is 3.01. The minimum atomic E-state index is -0.114. The Morgan fingerprint density at radius 2 is 1.73 bits per heavy atom. The number of nitrogens with one attached hydrogen (secondary N) is 1. The van der Waals surface area contributed by atoms with Crippen LogP contribution in [-0.4, -0.2) is 15.0 Å². The van der Waals surface area contributed by atoms with Crippen LogP contribution in [0.3, 0.4) is 0 Å². The molecule has 2 aromatic heterocycles. The van der Waals surface area contributed by atoms with Gasteiger partial charge in [0.05, 0.1) is 5.69 Å². The second-order valence-corrected chi connectivity index (χ2v) is 5.15. The van der Waals surface area contributed by atoms with E-state index < -0.39 is 0 Å². The number of aromatic nitrogens is 3. The third kappa shape index (κ3) is 3.67. The third-order valence-corrected chi connectivity index (χ3v) is 3.49. The van der Waals surface area contributed by atoms with Crippen molar-refractivity contribution in [3.8, 4) is 11.3 Å². The molecule has 0 fully saturated rings. The fourth-order valence-electron chi connectivity index (χ4n) is 2.40. The average Bonchev–Trinajstić information content (AvgIpc) is 2.56. The zero-order chi connectivity index (χ0) is 15.2. The van der Waals surface area contributed by atoms with E-state index in [-0.39, 0.29) is 5.56 Å². The lowest BCUT2D eigenvalue weighted by Gasteiger charge is -2.05. The Morgan fingerprint density at radius 3 is 2.50 bits per heavy atom. The standard InChI is InChI=1S/C18H17N3O/c22-18-13-16(15-9-11-19-12-10-15)20-17(21-18)8-4-7-14-5-2-1-3-6-14/h1-3,5-6,9-13H,4,7-8H2,(H,20,21,22). The highest BCUT2D eigenvalue weighted by Gasteiger charge is 2.04. The minimum absolute atomic E-state index is 0.114. The van der Waals surface area contributed by atoms with Crippen LogP contribution < -0.4 is 5.56 Å². The van der Waals surface area contributed by atoms with Gasteiger partial charge < -0.3 is 4.98 Å². The zero-order valence-corrected chi connectivity index (χ0v) is 12.2. The van der Waals surface area contributed by atoms with Gasteiger partial charge in [0.2, 0.25) is 0 Å². The van der Waals surface area contributed by atoms with Gasteiger partial charge in [0.1, 0.15) is 5.82 Å². The summed E-state index contributed by atoms with van der Waals surface area (Å²) in [4.78, 5) is 23.2. The summed E-state index contributed by atoms with van der Waals surface area (Å²) < 4.78 is 0. The van der Waals surface area contributed by atoms with Crippen molar-refractivity contribution in [1.29, 1.82) is 0 Å². The number of aromatic amines is 1. The molecule has 0 spiro atoms. The molecule has 0 aliphatic rings. The van der Waals surface area contributed by atoms with E-state index in [1.165, 1.54) is 11.6 Å². The molecule has 0 amide bonds. The normalized spacial score (nSPS) is 10.5. The maximum atomic E-state index is 11.8. The van der Waals surface area contributed by atoms with Gasteiger partial charge in [-0.05, 0) is 30.5 Å². The molecule has 22 heavy (non-hydrogen) atoms. The topological polar surface area (TPSA) is 58.6 Å². The van der Waals surface area contributed by atoms with Gasteiger partial charge in [-0.1, -0.05) is 30.3 Å². The maximum absolute atomic E-state index is 11.8. The molecule has 0 saturated carbocycles. The van der Waals surface area contributed by atoms with E-state index in [1.807, 2.05) is 30.3 Å². The van der Waals surface area contributed by atoms with E-state index in [2.05, 4.69) is 27.1 Å². The van der Waals surface area contributed by atoms with E-state index in [0.717, 1.165) is 30.7 Å². The summed E-state index contributed by atoms with van der Waals surface area (Å²) in [5.74, 6) is 0.732. The van der Waals surface area contributed by atoms with E-state index in [9.17, 15) is 4.79 Å². The molecule has 3 aromatic rings. The first-order chi connectivity index (χ1) is 10.8. The molecule has 0 unspecified atom stereocenters. The first kappa shape index (κ1) is 14.2. The molecule has 0 aliphatic heterocycles. The van der Waals surface area contributed by atoms with Crippen LogP contribution in [0.15, 0.2) is 65.7 Å². The van der Waals surface area contributed by atoms with Crippen LogP contribution in [0.25, 0.3) is 11.3 Å². The summed E-state index contributed by atoms with van der Waals surface area (Å²) in [6.07, 6.45) is 6.08. The van der Waals surface area contributed by atoms with Crippen LogP contribution in [0.1, 0.15) is 17.8 Å². The Morgan fingerprint density at radius 1 is 0.955 bits per heavy atom. The number of pyridine rings is 1. The summed E-state index contributed by atoms with van der Waals surface area (Å²) in [6.45, 7) is 0. The van der Waals surface area contributed by atoms with Gasteiger partial charge in [0.15, 0.2) is 0 Å². The third-order valence-electron chi connectivity index (χ3n) is 3.49. The number of benzene rings is 1. The largest absolute Gasteiger partial charge is 0.311 e. The van der Waals surface area contributed by atoms with E-state index >= 15 is 0 Å². The molecular formula is C18H17N3O. The van der Waals surface area contributed by atoms with Gasteiger partial charge in [-0.2, -0.15) is 0 Å². The number of hydrogen-bond donors (Lipinski definition) is 1. The fourth-order valence-corrected chi connectivity index (χ4v) is 2.40. The van der Waals surface area contributed by atoms with Crippen LogP contribution in [0, 0.1) is 0 Å². The van der Waals surface area contributed by atoms with E-state index in [4.69, 9.17) is 0 Å². The van der Waals surface area contributed by atoms with Crippen LogP contribution in [0.5, 0.6) is 0 Å². The van der Waals surface area contributed by atoms with E-state index in [1.54, 1.807) is 12.4 Å². The Kier molecular flexibility index (Phi) is 4.39. The van der Waals surface area contributed by atoms with Crippen molar-refractivity contribution in [2.45, 2.75) is 19.3 Å². The summed E-state index contributed by atoms with van der Waals surface area (Å²) >= 11 is 0. The van der Waals surface area contributed by atoms with Crippen LogP contribution in [-0.2, 0) is 12.8 Å². The monoisotopic (exact) mass is 291 g/mol. The second-order valence-electron chi connectivity index (χ2n) is 5.15. The first-order valence-electron chi connectivity index (χ1n) is 7.36. The molecular weight excluding hydrogens is 274 g/mol. The van der Waals surface area contributed by atoms with Crippen molar-refractivity contribution in [2.75, 3.05) is 0 Å². The summed E-state index contributed by atoms with van der Waals surface area (Å²) in [5, 5.41) is 0. The summed E-state index contributed by atoms with van der Waals surface area (Å²) in [6, 6.07) is 15.6. The number of nitrogens with zero attached hydrogens (tertiary/aromatic N) is 2. The van der Waals surface area contributed by atoms with Crippen molar-refractivity contribution in [2.24, 2.45) is 0 Å². The lowest BCUT2D eigenvalue weighted by atomic mass is 10.1. The molecule has 110 valence electrons. The number of rotatable bonds is 5. The van der Waals surface area contributed by atoms with Gasteiger partial charge >= 0.3 is 0 Å². The van der Waals surface area contributed by atoms with Crippen LogP contribution in [0.4, 0.5) is 0 Å². The van der Waals surface area contributed by atoms with Gasteiger partial charge in [0, 0.05) is 30.4 Å². The highest BCUT2D eigenvalue weighted by molar-refractivity contribution is 5.57. The molecule has 2 heterocycles. The Hall–Kier alpha value is -2.75. The van der Waals surface area contributed by atoms with Crippen molar-refractivity contribution < 1.29 is 0 Å². The summed E-state index contributed by atoms with van der Waals surface area (Å²) in [5.41, 5.74) is 2.79. The van der Waals surface area contributed by atoms with Crippen molar-refractivity contribution in [1.82, 2.24) is 15.0 Å². The van der Waals surface area contributed by atoms with Gasteiger partial charge in [-0.25, -0.2) is 4.98 Å². The van der Waals surface area contributed by atoms with Crippen molar-refractivity contribution in [3.63, 3.8) is 0 Å². The van der Waals surface area contributed by atoms with Crippen molar-refractivity contribution >= 4 is 0 Å². The molecule has 0 bridgehead atoms. The maximum Gasteiger partial charge on any atom is 0.251 e. The summed E-state index contributed by atoms with van der Waals surface area (Å²) in [7, 11) is 0. The van der Waals surface area contributed by atoms with Gasteiger partial charge in [0.25, 0.3) is 5.56 Å². The van der Waals surface area contributed by atoms with Gasteiger partial charge in [-0.15, -0.1) is 0 Å². The SMILES string of the molecule is O=c1cc(-c2ccncc2)nc(CCCc2ccccc2)[nH]1. The molecule has 1 aromatic carbocycles. The molecule has 0 aliphatic carbocycles. The van der Waals surface area contributed by atoms with Crippen LogP contribution >= 0.6 is 0 Å². The lowest BCUT2D eigenvalue weighted by molar-refractivity contribution is 0.767. The van der Waals surface area contributed by atoms with E-state index in [0.29, 0.717) is 5.69 Å². The predicted molar refractivity (Wildman–Crippen MR) is 86.6 cm³/mol. The highest BCUT2D eigenvalue weighted by atomic mass is 16.1. The Balaban J connectivity index is 1.72. The number of hydrogen-bond acceptors (Lipinski definition) is 3. The first-order valence-corrected chi connectivity index (χ1v) is 7.36. The van der Waals surface area contributed by atoms with Crippen molar-refractivity contribution in [3.05, 3.63) is 82.7 Å². The minimum Gasteiger partial charge on any atom is -0.311 e. The average molecular weight is 291 g/mol.